The van der Waals surface area contributed by atoms with Crippen LogP contribution in [0.3, 0.4) is 0 Å². The summed E-state index contributed by atoms with van der Waals surface area (Å²) in [7, 11) is 1.33. The Hall–Kier alpha value is -3.62. The second-order valence-corrected chi connectivity index (χ2v) is 10.8. The molecule has 0 saturated carbocycles. The van der Waals surface area contributed by atoms with Crippen molar-refractivity contribution in [2.75, 3.05) is 13.7 Å². The molecule has 0 saturated heterocycles. The van der Waals surface area contributed by atoms with Crippen LogP contribution < -0.4 is 0 Å². The molecule has 0 aromatic heterocycles. The minimum atomic E-state index is -0.941. The summed E-state index contributed by atoms with van der Waals surface area (Å²) in [6.07, 6.45) is 2.40. The van der Waals surface area contributed by atoms with Gasteiger partial charge in [0.2, 0.25) is 5.91 Å². The Morgan fingerprint density at radius 2 is 1.82 bits per heavy atom. The van der Waals surface area contributed by atoms with Gasteiger partial charge < -0.3 is 14.4 Å². The minimum Gasteiger partial charge on any atom is -0.465 e. The van der Waals surface area contributed by atoms with Gasteiger partial charge in [0.15, 0.2) is 11.6 Å². The van der Waals surface area contributed by atoms with Crippen molar-refractivity contribution in [3.8, 4) is 0 Å². The minimum absolute atomic E-state index is 0.0466. The number of aryl methyl sites for hydroxylation is 1. The average Bonchev–Trinajstić information content (AvgIpc) is 3.26. The van der Waals surface area contributed by atoms with Gasteiger partial charge in [0.1, 0.15) is 5.60 Å². The zero-order valence-electron chi connectivity index (χ0n) is 22.1. The van der Waals surface area contributed by atoms with Gasteiger partial charge in [0.25, 0.3) is 0 Å². The number of hydrogen-bond acceptors (Lipinski definition) is 5. The second kappa shape index (κ2) is 11.0. The molecule has 0 radical (unpaired) electrons. The van der Waals surface area contributed by atoms with Crippen LogP contribution in [0, 0.1) is 17.6 Å². The molecular weight excluding hydrogens is 494 g/mol. The molecule has 202 valence electrons. The van der Waals surface area contributed by atoms with E-state index in [4.69, 9.17) is 9.47 Å². The maximum Gasteiger partial charge on any atom is 0.433 e. The molecule has 0 bridgehead atoms. The number of hydrogen-bond donors (Lipinski definition) is 0. The van der Waals surface area contributed by atoms with Crippen molar-refractivity contribution in [1.29, 1.82) is 0 Å². The van der Waals surface area contributed by atoms with Gasteiger partial charge in [-0.25, -0.2) is 18.4 Å². The predicted molar refractivity (Wildman–Crippen MR) is 137 cm³/mol. The zero-order valence-corrected chi connectivity index (χ0v) is 22.1. The van der Waals surface area contributed by atoms with Gasteiger partial charge in [-0.15, -0.1) is 0 Å². The quantitative estimate of drug-likeness (QED) is 0.386. The summed E-state index contributed by atoms with van der Waals surface area (Å²) < 4.78 is 38.0. The maximum absolute atomic E-state index is 14.1. The van der Waals surface area contributed by atoms with E-state index >= 15 is 0 Å². The van der Waals surface area contributed by atoms with Crippen LogP contribution in [-0.4, -0.2) is 48.3 Å². The molecule has 1 aliphatic heterocycles. The number of methoxy groups -OCH3 is 1. The molecular formula is C29H32F2N2O5. The summed E-state index contributed by atoms with van der Waals surface area (Å²) in [4.78, 5) is 43.3. The highest BCUT2D eigenvalue weighted by atomic mass is 19.2. The Kier molecular flexibility index (Phi) is 7.94. The first kappa shape index (κ1) is 27.4. The molecule has 2 amide bonds. The third-order valence-corrected chi connectivity index (χ3v) is 6.99. The van der Waals surface area contributed by atoms with Gasteiger partial charge in [-0.2, -0.15) is 4.99 Å². The van der Waals surface area contributed by atoms with Crippen LogP contribution in [-0.2, 0) is 33.7 Å². The lowest BCUT2D eigenvalue weighted by Gasteiger charge is -2.31. The first-order chi connectivity index (χ1) is 17.9. The number of halogens is 2. The fourth-order valence-electron chi connectivity index (χ4n) is 5.16. The van der Waals surface area contributed by atoms with E-state index < -0.39 is 35.2 Å². The van der Waals surface area contributed by atoms with Gasteiger partial charge in [0.05, 0.1) is 12.7 Å². The standard InChI is InChI=1S/C29H32F2N2O5/c1-29(2,3)38-28(36)32-15-21(22-8-7-18-12-24(30)25(31)14-23(18)22)13-26(34)33-10-9-17-11-19(27(35)37-4)5-6-20(17)16-33/h5-6,11-12,14-15,21-22H,7-10,13,16H2,1-4H3. The number of fused-ring (bicyclic) bond motifs is 2. The topological polar surface area (TPSA) is 85.3 Å². The van der Waals surface area contributed by atoms with Gasteiger partial charge in [-0.05, 0) is 92.5 Å². The van der Waals surface area contributed by atoms with Crippen molar-refractivity contribution in [2.45, 2.75) is 64.5 Å². The number of benzene rings is 2. The fraction of sp³-hybridized carbons (Fsp3) is 0.448. The van der Waals surface area contributed by atoms with E-state index in [1.54, 1.807) is 37.8 Å². The molecule has 2 aliphatic rings. The van der Waals surface area contributed by atoms with Gasteiger partial charge in [0, 0.05) is 31.6 Å². The van der Waals surface area contributed by atoms with E-state index in [0.717, 1.165) is 11.1 Å². The number of esters is 1. The highest BCUT2D eigenvalue weighted by Gasteiger charge is 2.33. The highest BCUT2D eigenvalue weighted by Crippen LogP contribution is 2.40. The van der Waals surface area contributed by atoms with Gasteiger partial charge in [-0.1, -0.05) is 6.07 Å². The van der Waals surface area contributed by atoms with E-state index in [2.05, 4.69) is 4.99 Å². The summed E-state index contributed by atoms with van der Waals surface area (Å²) in [5.74, 6) is -3.19. The van der Waals surface area contributed by atoms with E-state index in [0.29, 0.717) is 49.0 Å². The molecule has 38 heavy (non-hydrogen) atoms. The van der Waals surface area contributed by atoms with Crippen molar-refractivity contribution < 1.29 is 32.6 Å². The van der Waals surface area contributed by atoms with Crippen molar-refractivity contribution in [3.63, 3.8) is 0 Å². The molecule has 0 N–H and O–H groups in total. The van der Waals surface area contributed by atoms with Crippen LogP contribution in [0.2, 0.25) is 0 Å². The molecule has 2 unspecified atom stereocenters. The number of aliphatic imine (C=N–C) groups is 1. The SMILES string of the molecule is COC(=O)c1ccc2c(c1)CCN(C(=O)CC(C=NC(=O)OC(C)(C)C)C1CCc3cc(F)c(F)cc31)C2. The van der Waals surface area contributed by atoms with Crippen molar-refractivity contribution in [3.05, 3.63) is 69.8 Å². The normalized spacial score (nSPS) is 17.6. The summed E-state index contributed by atoms with van der Waals surface area (Å²) in [5.41, 5.74) is 3.01. The lowest BCUT2D eigenvalue weighted by molar-refractivity contribution is -0.132. The third-order valence-electron chi connectivity index (χ3n) is 6.99. The molecule has 2 aromatic rings. The smallest absolute Gasteiger partial charge is 0.433 e. The van der Waals surface area contributed by atoms with E-state index in [1.165, 1.54) is 25.5 Å². The first-order valence-corrected chi connectivity index (χ1v) is 12.7. The van der Waals surface area contributed by atoms with Crippen LogP contribution in [0.5, 0.6) is 0 Å². The highest BCUT2D eigenvalue weighted by molar-refractivity contribution is 5.90. The number of rotatable bonds is 5. The van der Waals surface area contributed by atoms with Crippen LogP contribution in [0.4, 0.5) is 13.6 Å². The summed E-state index contributed by atoms with van der Waals surface area (Å²) in [6.45, 7) is 6.04. The Bertz CT molecular complexity index is 1280. The largest absolute Gasteiger partial charge is 0.465 e. The van der Waals surface area contributed by atoms with E-state index in [1.807, 2.05) is 6.07 Å². The number of nitrogens with zero attached hydrogens (tertiary/aromatic N) is 2. The van der Waals surface area contributed by atoms with Crippen molar-refractivity contribution in [1.82, 2.24) is 4.90 Å². The fourth-order valence-corrected chi connectivity index (χ4v) is 5.16. The first-order valence-electron chi connectivity index (χ1n) is 12.7. The van der Waals surface area contributed by atoms with E-state index in [9.17, 15) is 23.2 Å². The Morgan fingerprint density at radius 3 is 2.53 bits per heavy atom. The molecule has 2 atom stereocenters. The molecule has 1 heterocycles. The zero-order chi connectivity index (χ0) is 27.6. The molecule has 7 nitrogen and oxygen atoms in total. The second-order valence-electron chi connectivity index (χ2n) is 10.8. The number of ether oxygens (including phenoxy) is 2. The van der Waals surface area contributed by atoms with E-state index in [-0.39, 0.29) is 18.2 Å². The van der Waals surface area contributed by atoms with Crippen LogP contribution >= 0.6 is 0 Å². The Morgan fingerprint density at radius 1 is 1.08 bits per heavy atom. The maximum atomic E-state index is 14.1. The monoisotopic (exact) mass is 526 g/mol. The average molecular weight is 527 g/mol. The van der Waals surface area contributed by atoms with Crippen molar-refractivity contribution >= 4 is 24.2 Å². The van der Waals surface area contributed by atoms with Crippen LogP contribution in [0.15, 0.2) is 35.3 Å². The van der Waals surface area contributed by atoms with Crippen LogP contribution in [0.25, 0.3) is 0 Å². The third kappa shape index (κ3) is 6.26. The molecule has 0 spiro atoms. The summed E-state index contributed by atoms with van der Waals surface area (Å²) >= 11 is 0. The number of carbonyl (C=O) groups is 3. The lowest BCUT2D eigenvalue weighted by atomic mass is 9.85. The Balaban J connectivity index is 1.54. The number of amides is 2. The van der Waals surface area contributed by atoms with Gasteiger partial charge >= 0.3 is 12.1 Å². The molecule has 0 fully saturated rings. The molecule has 2 aromatic carbocycles. The molecule has 9 heteroatoms. The van der Waals surface area contributed by atoms with Gasteiger partial charge in [-0.3, -0.25) is 4.79 Å². The Labute approximate surface area is 220 Å². The number of carbonyl (C=O) groups excluding carboxylic acids is 3. The van der Waals surface area contributed by atoms with Crippen molar-refractivity contribution in [2.24, 2.45) is 10.9 Å². The molecule has 1 aliphatic carbocycles. The predicted octanol–water partition coefficient (Wildman–Crippen LogP) is 5.38. The summed E-state index contributed by atoms with van der Waals surface area (Å²) in [5, 5.41) is 0. The summed E-state index contributed by atoms with van der Waals surface area (Å²) in [6, 6.07) is 7.70. The van der Waals surface area contributed by atoms with Crippen LogP contribution in [0.1, 0.15) is 72.1 Å². The lowest BCUT2D eigenvalue weighted by Crippen LogP contribution is -2.37. The molecule has 4 rings (SSSR count).